The number of piperazine rings is 1. The molecule has 33 heavy (non-hydrogen) atoms. The first-order valence-electron chi connectivity index (χ1n) is 10.0. The first kappa shape index (κ1) is 25.1. The summed E-state index contributed by atoms with van der Waals surface area (Å²) in [7, 11) is 3.49. The highest BCUT2D eigenvalue weighted by molar-refractivity contribution is 7.80. The maximum absolute atomic E-state index is 12.8. The number of methoxy groups -OCH3 is 1. The quantitative estimate of drug-likeness (QED) is 0.595. The maximum Gasteiger partial charge on any atom is 0.416 e. The van der Waals surface area contributed by atoms with Crippen LogP contribution in [0.5, 0.6) is 11.5 Å². The van der Waals surface area contributed by atoms with Crippen molar-refractivity contribution < 1.29 is 27.4 Å². The average Bonchev–Trinajstić information content (AvgIpc) is 2.77. The van der Waals surface area contributed by atoms with E-state index in [4.69, 9.17) is 33.3 Å². The number of ether oxygens (including phenoxy) is 2. The van der Waals surface area contributed by atoms with E-state index < -0.39 is 24.3 Å². The molecular formula is C22H23ClF3N3O3S. The van der Waals surface area contributed by atoms with Gasteiger partial charge in [-0.1, -0.05) is 29.9 Å². The predicted octanol–water partition coefficient (Wildman–Crippen LogP) is 4.31. The lowest BCUT2D eigenvalue weighted by Gasteiger charge is -2.34. The maximum atomic E-state index is 12.8. The van der Waals surface area contributed by atoms with Crippen LogP contribution >= 0.6 is 23.8 Å². The van der Waals surface area contributed by atoms with Crippen LogP contribution in [0.15, 0.2) is 36.4 Å². The Balaban J connectivity index is 1.67. The van der Waals surface area contributed by atoms with E-state index in [0.717, 1.165) is 38.3 Å². The summed E-state index contributed by atoms with van der Waals surface area (Å²) in [5, 5.41) is 2.58. The van der Waals surface area contributed by atoms with Gasteiger partial charge in [0.05, 0.1) is 17.7 Å². The molecule has 1 heterocycles. The lowest BCUT2D eigenvalue weighted by Crippen LogP contribution is -2.46. The van der Waals surface area contributed by atoms with Gasteiger partial charge < -0.3 is 24.6 Å². The standard InChI is InChI=1S/C22H23ClF3N3O3S/c1-28-6-8-29(9-7-28)21(33)14-10-17(23)20(18(11-14)31-2)32-13-19(30)27-16-5-3-4-15(12-16)22(24,25)26/h3-5,10-12H,6-9,13H2,1-2H3,(H,27,30). The second kappa shape index (κ2) is 10.6. The molecule has 178 valence electrons. The van der Waals surface area contributed by atoms with Gasteiger partial charge in [0.25, 0.3) is 5.91 Å². The van der Waals surface area contributed by atoms with E-state index in [0.29, 0.717) is 16.3 Å². The Morgan fingerprint density at radius 3 is 2.52 bits per heavy atom. The number of hydrogen-bond acceptors (Lipinski definition) is 5. The predicted molar refractivity (Wildman–Crippen MR) is 124 cm³/mol. The minimum atomic E-state index is -4.51. The molecule has 0 bridgehead atoms. The molecule has 3 rings (SSSR count). The number of carbonyl (C=O) groups is 1. The van der Waals surface area contributed by atoms with E-state index >= 15 is 0 Å². The van der Waals surface area contributed by atoms with Crippen LogP contribution in [-0.4, -0.2) is 67.6 Å². The number of thiocarbonyl (C=S) groups is 1. The van der Waals surface area contributed by atoms with Crippen molar-refractivity contribution >= 4 is 40.4 Å². The summed E-state index contributed by atoms with van der Waals surface area (Å²) in [5.74, 6) is -0.214. The molecule has 0 saturated carbocycles. The minimum Gasteiger partial charge on any atom is -0.493 e. The fourth-order valence-corrected chi connectivity index (χ4v) is 3.85. The number of carbonyl (C=O) groups excluding carboxylic acids is 1. The molecule has 2 aromatic rings. The van der Waals surface area contributed by atoms with Crippen LogP contribution in [0, 0.1) is 0 Å². The molecule has 0 aromatic heterocycles. The molecule has 1 fully saturated rings. The van der Waals surface area contributed by atoms with Crippen LogP contribution in [0.3, 0.4) is 0 Å². The Morgan fingerprint density at radius 1 is 1.18 bits per heavy atom. The van der Waals surface area contributed by atoms with Crippen LogP contribution in [0.25, 0.3) is 0 Å². The number of hydrogen-bond donors (Lipinski definition) is 1. The Hall–Kier alpha value is -2.56. The van der Waals surface area contributed by atoms with Crippen LogP contribution in [0.2, 0.25) is 5.02 Å². The van der Waals surface area contributed by atoms with Gasteiger partial charge in [-0.2, -0.15) is 13.2 Å². The molecular weight excluding hydrogens is 479 g/mol. The minimum absolute atomic E-state index is 0.00404. The van der Waals surface area contributed by atoms with Crippen LogP contribution in [0.1, 0.15) is 11.1 Å². The summed E-state index contributed by atoms with van der Waals surface area (Å²) >= 11 is 12.0. The first-order chi connectivity index (χ1) is 15.6. The second-order valence-electron chi connectivity index (χ2n) is 7.50. The highest BCUT2D eigenvalue weighted by Crippen LogP contribution is 2.37. The summed E-state index contributed by atoms with van der Waals surface area (Å²) < 4.78 is 49.4. The molecule has 1 aliphatic rings. The van der Waals surface area contributed by atoms with Crippen molar-refractivity contribution in [3.8, 4) is 11.5 Å². The fraction of sp³-hybridized carbons (Fsp3) is 0.364. The number of amides is 1. The molecule has 0 aliphatic carbocycles. The molecule has 11 heteroatoms. The molecule has 1 N–H and O–H groups in total. The monoisotopic (exact) mass is 501 g/mol. The number of nitrogens with zero attached hydrogens (tertiary/aromatic N) is 2. The summed E-state index contributed by atoms with van der Waals surface area (Å²) in [6.07, 6.45) is -4.51. The lowest BCUT2D eigenvalue weighted by molar-refractivity contribution is -0.137. The zero-order valence-electron chi connectivity index (χ0n) is 18.0. The Bertz CT molecular complexity index is 1030. The summed E-state index contributed by atoms with van der Waals surface area (Å²) in [5.41, 5.74) is -0.167. The SMILES string of the molecule is COc1cc(C(=S)N2CCN(C)CC2)cc(Cl)c1OCC(=O)Nc1cccc(C(F)(F)F)c1. The number of rotatable bonds is 6. The van der Waals surface area contributed by atoms with Gasteiger partial charge in [0.2, 0.25) is 0 Å². The van der Waals surface area contributed by atoms with Crippen molar-refractivity contribution in [2.75, 3.05) is 52.3 Å². The third-order valence-electron chi connectivity index (χ3n) is 5.09. The van der Waals surface area contributed by atoms with E-state index in [1.54, 1.807) is 12.1 Å². The van der Waals surface area contributed by atoms with E-state index in [2.05, 4.69) is 22.2 Å². The summed E-state index contributed by atoms with van der Waals surface area (Å²) in [6, 6.07) is 7.66. The van der Waals surface area contributed by atoms with E-state index in [-0.39, 0.29) is 16.5 Å². The molecule has 2 aromatic carbocycles. The van der Waals surface area contributed by atoms with Gasteiger partial charge in [-0.3, -0.25) is 4.79 Å². The molecule has 1 saturated heterocycles. The Labute approximate surface area is 200 Å². The highest BCUT2D eigenvalue weighted by Gasteiger charge is 2.30. The van der Waals surface area contributed by atoms with Crippen molar-refractivity contribution in [1.82, 2.24) is 9.80 Å². The van der Waals surface area contributed by atoms with Crippen molar-refractivity contribution in [3.05, 3.63) is 52.5 Å². The molecule has 1 amide bonds. The van der Waals surface area contributed by atoms with E-state index in [1.165, 1.54) is 19.2 Å². The second-order valence-corrected chi connectivity index (χ2v) is 8.29. The highest BCUT2D eigenvalue weighted by atomic mass is 35.5. The molecule has 6 nitrogen and oxygen atoms in total. The van der Waals surface area contributed by atoms with Crippen molar-refractivity contribution in [3.63, 3.8) is 0 Å². The fourth-order valence-electron chi connectivity index (χ4n) is 3.28. The lowest BCUT2D eigenvalue weighted by atomic mass is 10.1. The molecule has 0 radical (unpaired) electrons. The topological polar surface area (TPSA) is 54.0 Å². The van der Waals surface area contributed by atoms with Gasteiger partial charge in [0, 0.05) is 37.4 Å². The van der Waals surface area contributed by atoms with Gasteiger partial charge in [-0.15, -0.1) is 0 Å². The van der Waals surface area contributed by atoms with E-state index in [9.17, 15) is 18.0 Å². The van der Waals surface area contributed by atoms with Crippen molar-refractivity contribution in [2.45, 2.75) is 6.18 Å². The van der Waals surface area contributed by atoms with Crippen LogP contribution in [-0.2, 0) is 11.0 Å². The number of benzene rings is 2. The normalized spacial score (nSPS) is 14.7. The summed E-state index contributed by atoms with van der Waals surface area (Å²) in [4.78, 5) is 17.2. The largest absolute Gasteiger partial charge is 0.493 e. The zero-order valence-corrected chi connectivity index (χ0v) is 19.6. The van der Waals surface area contributed by atoms with Gasteiger partial charge >= 0.3 is 6.18 Å². The molecule has 0 spiro atoms. The number of nitrogens with one attached hydrogen (secondary N) is 1. The zero-order chi connectivity index (χ0) is 24.2. The molecule has 0 atom stereocenters. The Morgan fingerprint density at radius 2 is 1.88 bits per heavy atom. The smallest absolute Gasteiger partial charge is 0.416 e. The van der Waals surface area contributed by atoms with Crippen molar-refractivity contribution in [2.24, 2.45) is 0 Å². The van der Waals surface area contributed by atoms with Crippen LogP contribution < -0.4 is 14.8 Å². The third kappa shape index (κ3) is 6.49. The average molecular weight is 502 g/mol. The number of anilines is 1. The van der Waals surface area contributed by atoms with Gasteiger partial charge in [-0.25, -0.2) is 0 Å². The number of alkyl halides is 3. The van der Waals surface area contributed by atoms with Crippen molar-refractivity contribution in [1.29, 1.82) is 0 Å². The van der Waals surface area contributed by atoms with Gasteiger partial charge in [0.1, 0.15) is 4.99 Å². The number of likely N-dealkylation sites (N-methyl/N-ethyl adjacent to an activating group) is 1. The van der Waals surface area contributed by atoms with Gasteiger partial charge in [-0.05, 0) is 37.4 Å². The van der Waals surface area contributed by atoms with E-state index in [1.807, 2.05) is 0 Å². The van der Waals surface area contributed by atoms with Crippen LogP contribution in [0.4, 0.5) is 18.9 Å². The first-order valence-corrected chi connectivity index (χ1v) is 10.8. The molecule has 1 aliphatic heterocycles. The summed E-state index contributed by atoms with van der Waals surface area (Å²) in [6.45, 7) is 2.90. The van der Waals surface area contributed by atoms with Gasteiger partial charge in [0.15, 0.2) is 18.1 Å². The Kier molecular flexibility index (Phi) is 8.04. The number of halogens is 4. The molecule has 0 unspecified atom stereocenters. The third-order valence-corrected chi connectivity index (χ3v) is 5.86.